The van der Waals surface area contributed by atoms with Crippen LogP contribution in [0.5, 0.6) is 5.75 Å². The molecule has 2 amide bonds. The molecule has 1 aliphatic carbocycles. The van der Waals surface area contributed by atoms with E-state index in [4.69, 9.17) is 4.74 Å². The van der Waals surface area contributed by atoms with Gasteiger partial charge in [0.2, 0.25) is 11.3 Å². The zero-order valence-electron chi connectivity index (χ0n) is 20.5. The second-order valence-corrected chi connectivity index (χ2v) is 9.35. The maximum atomic E-state index is 15.7. The van der Waals surface area contributed by atoms with Gasteiger partial charge in [0.25, 0.3) is 5.91 Å². The molecule has 0 radical (unpaired) electrons. The van der Waals surface area contributed by atoms with Crippen molar-refractivity contribution < 1.29 is 18.7 Å². The van der Waals surface area contributed by atoms with Crippen LogP contribution in [0.2, 0.25) is 0 Å². The topological polar surface area (TPSA) is 96.8 Å². The number of carbonyl (C=O) groups excluding carboxylic acids is 2. The number of piperazine rings is 1. The van der Waals surface area contributed by atoms with Crippen molar-refractivity contribution in [2.75, 3.05) is 37.0 Å². The van der Waals surface area contributed by atoms with Gasteiger partial charge in [-0.2, -0.15) is 0 Å². The highest BCUT2D eigenvalue weighted by Gasteiger charge is 2.33. The zero-order valence-corrected chi connectivity index (χ0v) is 20.5. The summed E-state index contributed by atoms with van der Waals surface area (Å²) >= 11 is 0. The summed E-state index contributed by atoms with van der Waals surface area (Å²) in [5.41, 5.74) is 0.554. The third-order valence-corrected chi connectivity index (χ3v) is 6.85. The predicted molar refractivity (Wildman–Crippen MR) is 134 cm³/mol. The van der Waals surface area contributed by atoms with Gasteiger partial charge >= 0.3 is 0 Å². The number of hydrogen-bond donors (Lipinski definition) is 1. The van der Waals surface area contributed by atoms with E-state index < -0.39 is 17.2 Å². The molecule has 1 aliphatic heterocycles. The molecule has 5 rings (SSSR count). The number of aromatic nitrogens is 2. The Labute approximate surface area is 207 Å². The monoisotopic (exact) mass is 493 g/mol. The van der Waals surface area contributed by atoms with Crippen molar-refractivity contribution >= 4 is 34.1 Å². The molecule has 0 bridgehead atoms. The van der Waals surface area contributed by atoms with Crippen LogP contribution in [0.3, 0.4) is 0 Å². The molecule has 3 aromatic rings. The molecular weight excluding hydrogens is 465 g/mol. The smallest absolute Gasteiger partial charge is 0.261 e. The minimum absolute atomic E-state index is 0.0206. The fourth-order valence-corrected chi connectivity index (χ4v) is 5.00. The molecule has 1 saturated heterocycles. The average molecular weight is 494 g/mol. The third kappa shape index (κ3) is 4.16. The summed E-state index contributed by atoms with van der Waals surface area (Å²) in [6.45, 7) is 4.77. The van der Waals surface area contributed by atoms with Crippen LogP contribution in [0.1, 0.15) is 43.1 Å². The summed E-state index contributed by atoms with van der Waals surface area (Å²) in [6, 6.07) is 4.53. The van der Waals surface area contributed by atoms with Gasteiger partial charge in [0.1, 0.15) is 11.3 Å². The largest absolute Gasteiger partial charge is 0.492 e. The Bertz CT molecular complexity index is 1400. The lowest BCUT2D eigenvalue weighted by Crippen LogP contribution is -2.53. The Hall–Kier alpha value is -3.95. The zero-order chi connectivity index (χ0) is 25.6. The van der Waals surface area contributed by atoms with Crippen molar-refractivity contribution in [3.8, 4) is 5.75 Å². The van der Waals surface area contributed by atoms with Crippen LogP contribution < -0.4 is 20.4 Å². The number of fused-ring (bicyclic) bond motifs is 1. The van der Waals surface area contributed by atoms with E-state index in [-0.39, 0.29) is 40.4 Å². The van der Waals surface area contributed by atoms with E-state index in [1.165, 1.54) is 26.3 Å². The summed E-state index contributed by atoms with van der Waals surface area (Å²) in [5.74, 6) is -0.946. The number of pyridine rings is 2. The van der Waals surface area contributed by atoms with Gasteiger partial charge in [-0.1, -0.05) is 0 Å². The minimum Gasteiger partial charge on any atom is -0.492 e. The molecule has 10 heteroatoms. The van der Waals surface area contributed by atoms with Gasteiger partial charge in [0, 0.05) is 51.0 Å². The highest BCUT2D eigenvalue weighted by molar-refractivity contribution is 6.06. The van der Waals surface area contributed by atoms with Crippen LogP contribution in [0.25, 0.3) is 10.9 Å². The van der Waals surface area contributed by atoms with Crippen LogP contribution in [0.4, 0.5) is 15.8 Å². The quantitative estimate of drug-likeness (QED) is 0.587. The van der Waals surface area contributed by atoms with Gasteiger partial charge in [-0.25, -0.2) is 4.39 Å². The van der Waals surface area contributed by atoms with Crippen LogP contribution in [-0.4, -0.2) is 59.1 Å². The summed E-state index contributed by atoms with van der Waals surface area (Å²) in [7, 11) is 1.46. The highest BCUT2D eigenvalue weighted by Crippen LogP contribution is 2.44. The van der Waals surface area contributed by atoms with E-state index in [0.29, 0.717) is 30.8 Å². The molecule has 2 fully saturated rings. The highest BCUT2D eigenvalue weighted by atomic mass is 19.1. The van der Waals surface area contributed by atoms with Gasteiger partial charge in [-0.15, -0.1) is 0 Å². The molecule has 188 valence electrons. The Morgan fingerprint density at radius 2 is 2.03 bits per heavy atom. The molecule has 36 heavy (non-hydrogen) atoms. The second-order valence-electron chi connectivity index (χ2n) is 9.35. The van der Waals surface area contributed by atoms with E-state index in [1.54, 1.807) is 29.4 Å². The van der Waals surface area contributed by atoms with Crippen LogP contribution in [0, 0.1) is 5.82 Å². The number of hydrogen-bond acceptors (Lipinski definition) is 6. The lowest BCUT2D eigenvalue weighted by atomic mass is 10.1. The lowest BCUT2D eigenvalue weighted by molar-refractivity contribution is -0.131. The first kappa shape index (κ1) is 23.8. The van der Waals surface area contributed by atoms with E-state index >= 15 is 4.39 Å². The molecule has 2 aliphatic rings. The van der Waals surface area contributed by atoms with Crippen LogP contribution in [-0.2, 0) is 4.79 Å². The summed E-state index contributed by atoms with van der Waals surface area (Å²) in [5, 5.41) is 2.79. The molecular formula is C26H28FN5O4. The van der Waals surface area contributed by atoms with Crippen LogP contribution in [0.15, 0.2) is 41.6 Å². The molecule has 1 N–H and O–H groups in total. The first-order valence-electron chi connectivity index (χ1n) is 12.0. The molecule has 1 saturated carbocycles. The van der Waals surface area contributed by atoms with E-state index in [1.807, 2.05) is 16.4 Å². The molecule has 0 spiro atoms. The first-order valence-corrected chi connectivity index (χ1v) is 12.0. The van der Waals surface area contributed by atoms with Crippen molar-refractivity contribution in [1.82, 2.24) is 14.5 Å². The number of benzene rings is 1. The third-order valence-electron chi connectivity index (χ3n) is 6.85. The van der Waals surface area contributed by atoms with Gasteiger partial charge in [-0.3, -0.25) is 19.4 Å². The van der Waals surface area contributed by atoms with Crippen molar-refractivity contribution in [2.24, 2.45) is 0 Å². The van der Waals surface area contributed by atoms with Crippen LogP contribution >= 0.6 is 0 Å². The normalized spacial score (nSPS) is 17.8. The Morgan fingerprint density at radius 1 is 1.25 bits per heavy atom. The Kier molecular flexibility index (Phi) is 6.11. The Balaban J connectivity index is 1.63. The number of nitrogens with zero attached hydrogens (tertiary/aromatic N) is 4. The molecule has 1 unspecified atom stereocenters. The SMILES string of the molecule is COc1c(N2CCN(C(C)=O)C(C)C2)c(F)cc2c(=O)c(C(=O)Nc3cccnc3)cn(C3CC3)c12. The van der Waals surface area contributed by atoms with E-state index in [0.717, 1.165) is 12.8 Å². The fourth-order valence-electron chi connectivity index (χ4n) is 5.00. The maximum Gasteiger partial charge on any atom is 0.261 e. The van der Waals surface area contributed by atoms with Crippen molar-refractivity contribution in [1.29, 1.82) is 0 Å². The maximum absolute atomic E-state index is 15.7. The molecule has 3 heterocycles. The van der Waals surface area contributed by atoms with Crippen molar-refractivity contribution in [3.63, 3.8) is 0 Å². The number of halogens is 1. The number of ether oxygens (including phenoxy) is 1. The van der Waals surface area contributed by atoms with Gasteiger partial charge < -0.3 is 24.4 Å². The predicted octanol–water partition coefficient (Wildman–Crippen LogP) is 3.19. The standard InChI is InChI=1S/C26H28FN5O4/c1-15-13-30(9-10-31(15)16(2)33)23-21(27)11-19-22(25(23)36-3)32(18-6-7-18)14-20(24(19)34)26(35)29-17-5-4-8-28-12-17/h4-5,8,11-12,14-15,18H,6-7,9-10,13H2,1-3H3,(H,29,35). The number of nitrogens with one attached hydrogen (secondary N) is 1. The summed E-state index contributed by atoms with van der Waals surface area (Å²) < 4.78 is 23.3. The number of rotatable bonds is 5. The first-order chi connectivity index (χ1) is 17.3. The van der Waals surface area contributed by atoms with Crippen molar-refractivity contribution in [2.45, 2.75) is 38.8 Å². The molecule has 9 nitrogen and oxygen atoms in total. The number of methoxy groups -OCH3 is 1. The van der Waals surface area contributed by atoms with E-state index in [2.05, 4.69) is 10.3 Å². The number of amides is 2. The van der Waals surface area contributed by atoms with Crippen molar-refractivity contribution in [3.05, 3.63) is 58.4 Å². The second kappa shape index (κ2) is 9.25. The fraction of sp³-hybridized carbons (Fsp3) is 0.385. The van der Waals surface area contributed by atoms with E-state index in [9.17, 15) is 14.4 Å². The summed E-state index contributed by atoms with van der Waals surface area (Å²) in [6.07, 6.45) is 6.38. The lowest BCUT2D eigenvalue weighted by Gasteiger charge is -2.41. The minimum atomic E-state index is -0.605. The Morgan fingerprint density at radius 3 is 2.64 bits per heavy atom. The number of carbonyl (C=O) groups is 2. The summed E-state index contributed by atoms with van der Waals surface area (Å²) in [4.78, 5) is 46.0. The molecule has 2 aromatic heterocycles. The average Bonchev–Trinajstić information content (AvgIpc) is 3.69. The van der Waals surface area contributed by atoms with Gasteiger partial charge in [0.15, 0.2) is 11.6 Å². The number of anilines is 2. The van der Waals surface area contributed by atoms with Gasteiger partial charge in [0.05, 0.1) is 29.9 Å². The van der Waals surface area contributed by atoms with Gasteiger partial charge in [-0.05, 0) is 38.0 Å². The molecule has 1 atom stereocenters. The molecule has 1 aromatic carbocycles.